The zero-order valence-corrected chi connectivity index (χ0v) is 9.65. The summed E-state index contributed by atoms with van der Waals surface area (Å²) in [4.78, 5) is 12.7. The largest absolute Gasteiger partial charge is 0.480 e. The number of carbonyl (C=O) groups is 1. The van der Waals surface area contributed by atoms with E-state index in [0.717, 1.165) is 0 Å². The third-order valence-corrected chi connectivity index (χ3v) is 2.94. The number of hydrogen-bond acceptors (Lipinski definition) is 3. The molecule has 6 heteroatoms. The van der Waals surface area contributed by atoms with Crippen LogP contribution in [0.4, 0.5) is 10.1 Å². The molecule has 0 spiro atoms. The molecule has 1 aromatic carbocycles. The third-order valence-electron chi connectivity index (χ3n) is 2.65. The summed E-state index contributed by atoms with van der Waals surface area (Å²) in [7, 11) is 0. The second-order valence-corrected chi connectivity index (χ2v) is 4.13. The van der Waals surface area contributed by atoms with Crippen molar-refractivity contribution in [2.75, 3.05) is 24.7 Å². The Kier molecular flexibility index (Phi) is 3.49. The summed E-state index contributed by atoms with van der Waals surface area (Å²) in [5.41, 5.74) is 0.590. The number of carboxylic acid groups (broad SMARTS) is 1. The van der Waals surface area contributed by atoms with Gasteiger partial charge in [-0.3, -0.25) is 0 Å². The van der Waals surface area contributed by atoms with Gasteiger partial charge < -0.3 is 14.7 Å². The van der Waals surface area contributed by atoms with Crippen LogP contribution < -0.4 is 4.90 Å². The lowest BCUT2D eigenvalue weighted by Crippen LogP contribution is -2.50. The van der Waals surface area contributed by atoms with Crippen molar-refractivity contribution in [2.24, 2.45) is 0 Å². The number of morpholine rings is 1. The molecular weight excluding hydrogens is 249 g/mol. The highest BCUT2D eigenvalue weighted by Gasteiger charge is 2.29. The zero-order valence-electron chi connectivity index (χ0n) is 8.90. The second kappa shape index (κ2) is 4.89. The Morgan fingerprint density at radius 3 is 3.00 bits per heavy atom. The van der Waals surface area contributed by atoms with Crippen LogP contribution in [-0.4, -0.2) is 36.9 Å². The van der Waals surface area contributed by atoms with Gasteiger partial charge >= 0.3 is 5.97 Å². The predicted octanol–water partition coefficient (Wildman–Crippen LogP) is 1.77. The van der Waals surface area contributed by atoms with Crippen molar-refractivity contribution in [2.45, 2.75) is 6.04 Å². The summed E-state index contributed by atoms with van der Waals surface area (Å²) in [6, 6.07) is 3.41. The van der Waals surface area contributed by atoms with E-state index in [1.165, 1.54) is 18.2 Å². The first-order valence-corrected chi connectivity index (χ1v) is 5.49. The quantitative estimate of drug-likeness (QED) is 0.879. The van der Waals surface area contributed by atoms with E-state index in [9.17, 15) is 9.18 Å². The topological polar surface area (TPSA) is 49.8 Å². The van der Waals surface area contributed by atoms with Crippen molar-refractivity contribution >= 4 is 23.3 Å². The van der Waals surface area contributed by atoms with Gasteiger partial charge in [0.2, 0.25) is 0 Å². The molecule has 0 bridgehead atoms. The lowest BCUT2D eigenvalue weighted by molar-refractivity contribution is -0.141. The fourth-order valence-corrected chi connectivity index (χ4v) is 1.96. The first-order valence-electron chi connectivity index (χ1n) is 5.12. The van der Waals surface area contributed by atoms with Crippen LogP contribution in [-0.2, 0) is 9.53 Å². The van der Waals surface area contributed by atoms with E-state index in [4.69, 9.17) is 21.4 Å². The van der Waals surface area contributed by atoms with E-state index in [0.29, 0.717) is 18.8 Å². The Labute approximate surface area is 103 Å². The monoisotopic (exact) mass is 259 g/mol. The molecule has 1 aliphatic rings. The molecule has 17 heavy (non-hydrogen) atoms. The highest BCUT2D eigenvalue weighted by Crippen LogP contribution is 2.25. The van der Waals surface area contributed by atoms with Crippen LogP contribution in [0.1, 0.15) is 0 Å². The highest BCUT2D eigenvalue weighted by molar-refractivity contribution is 6.31. The molecule has 2 rings (SSSR count). The molecule has 0 saturated carbocycles. The van der Waals surface area contributed by atoms with E-state index in [1.54, 1.807) is 4.90 Å². The van der Waals surface area contributed by atoms with Gasteiger partial charge in [-0.1, -0.05) is 11.6 Å². The average Bonchev–Trinajstić information content (AvgIpc) is 2.32. The van der Waals surface area contributed by atoms with Gasteiger partial charge in [0.1, 0.15) is 5.82 Å². The maximum Gasteiger partial charge on any atom is 0.328 e. The predicted molar refractivity (Wildman–Crippen MR) is 61.0 cm³/mol. The highest BCUT2D eigenvalue weighted by atomic mass is 35.5. The van der Waals surface area contributed by atoms with E-state index in [-0.39, 0.29) is 11.6 Å². The van der Waals surface area contributed by atoms with Gasteiger partial charge in [-0.05, 0) is 18.2 Å². The molecule has 0 amide bonds. The van der Waals surface area contributed by atoms with E-state index in [2.05, 4.69) is 0 Å². The van der Waals surface area contributed by atoms with Gasteiger partial charge in [-0.2, -0.15) is 0 Å². The number of nitrogens with zero attached hydrogens (tertiary/aromatic N) is 1. The Morgan fingerprint density at radius 2 is 2.35 bits per heavy atom. The molecule has 4 nitrogen and oxygen atoms in total. The molecule has 1 heterocycles. The molecule has 0 aliphatic carbocycles. The lowest BCUT2D eigenvalue weighted by Gasteiger charge is -2.34. The van der Waals surface area contributed by atoms with E-state index >= 15 is 0 Å². The van der Waals surface area contributed by atoms with Crippen LogP contribution in [0.2, 0.25) is 5.02 Å². The maximum atomic E-state index is 13.0. The Hall–Kier alpha value is -1.33. The minimum Gasteiger partial charge on any atom is -0.480 e. The third kappa shape index (κ3) is 2.50. The SMILES string of the molecule is O=C(O)C1COCCN1c1ccc(F)c(Cl)c1. The summed E-state index contributed by atoms with van der Waals surface area (Å²) in [5, 5.41) is 9.05. The summed E-state index contributed by atoms with van der Waals surface area (Å²) < 4.78 is 18.1. The summed E-state index contributed by atoms with van der Waals surface area (Å²) in [6.45, 7) is 1.00. The molecule has 0 aromatic heterocycles. The van der Waals surface area contributed by atoms with Crippen molar-refractivity contribution in [1.82, 2.24) is 0 Å². The van der Waals surface area contributed by atoms with Crippen LogP contribution in [0, 0.1) is 5.82 Å². The van der Waals surface area contributed by atoms with Crippen molar-refractivity contribution in [3.8, 4) is 0 Å². The number of aliphatic carboxylic acids is 1. The normalized spacial score (nSPS) is 20.4. The summed E-state index contributed by atoms with van der Waals surface area (Å²) in [5.74, 6) is -1.49. The minimum atomic E-state index is -0.967. The first-order chi connectivity index (χ1) is 8.09. The lowest BCUT2D eigenvalue weighted by atomic mass is 10.2. The number of anilines is 1. The van der Waals surface area contributed by atoms with Crippen molar-refractivity contribution in [1.29, 1.82) is 0 Å². The maximum absolute atomic E-state index is 13.0. The van der Waals surface area contributed by atoms with Gasteiger partial charge in [0.15, 0.2) is 6.04 Å². The average molecular weight is 260 g/mol. The molecule has 1 unspecified atom stereocenters. The van der Waals surface area contributed by atoms with Crippen LogP contribution in [0.15, 0.2) is 18.2 Å². The molecule has 1 atom stereocenters. The van der Waals surface area contributed by atoms with Crippen molar-refractivity contribution in [3.63, 3.8) is 0 Å². The van der Waals surface area contributed by atoms with Crippen molar-refractivity contribution in [3.05, 3.63) is 29.0 Å². The van der Waals surface area contributed by atoms with Gasteiger partial charge in [0, 0.05) is 12.2 Å². The molecule has 1 N–H and O–H groups in total. The van der Waals surface area contributed by atoms with Crippen LogP contribution >= 0.6 is 11.6 Å². The Morgan fingerprint density at radius 1 is 1.59 bits per heavy atom. The summed E-state index contributed by atoms with van der Waals surface area (Å²) in [6.07, 6.45) is 0. The van der Waals surface area contributed by atoms with Gasteiger partial charge in [-0.25, -0.2) is 9.18 Å². The number of carboxylic acids is 1. The Balaban J connectivity index is 2.29. The fourth-order valence-electron chi connectivity index (χ4n) is 1.78. The van der Waals surface area contributed by atoms with Gasteiger partial charge in [0.05, 0.1) is 18.2 Å². The number of hydrogen-bond donors (Lipinski definition) is 1. The summed E-state index contributed by atoms with van der Waals surface area (Å²) >= 11 is 5.68. The first kappa shape index (κ1) is 12.1. The molecule has 92 valence electrons. The molecule has 0 radical (unpaired) electrons. The molecule has 1 saturated heterocycles. The molecule has 1 fully saturated rings. The molecular formula is C11H11ClFNO3. The van der Waals surface area contributed by atoms with Gasteiger partial charge in [0.25, 0.3) is 0 Å². The number of rotatable bonds is 2. The molecule has 1 aromatic rings. The number of benzene rings is 1. The standard InChI is InChI=1S/C11H11ClFNO3/c12-8-5-7(1-2-9(8)13)14-3-4-17-6-10(14)11(15)16/h1-2,5,10H,3-4,6H2,(H,15,16). The minimum absolute atomic E-state index is 0.0156. The Bertz CT molecular complexity index is 441. The smallest absolute Gasteiger partial charge is 0.328 e. The van der Waals surface area contributed by atoms with Crippen LogP contribution in [0.3, 0.4) is 0 Å². The van der Waals surface area contributed by atoms with E-state index < -0.39 is 17.8 Å². The second-order valence-electron chi connectivity index (χ2n) is 3.72. The number of halogens is 2. The van der Waals surface area contributed by atoms with Crippen molar-refractivity contribution < 1.29 is 19.0 Å². The zero-order chi connectivity index (χ0) is 12.4. The van der Waals surface area contributed by atoms with Crippen LogP contribution in [0.5, 0.6) is 0 Å². The van der Waals surface area contributed by atoms with Crippen LogP contribution in [0.25, 0.3) is 0 Å². The molecule has 1 aliphatic heterocycles. The van der Waals surface area contributed by atoms with Gasteiger partial charge in [-0.15, -0.1) is 0 Å². The van der Waals surface area contributed by atoms with E-state index in [1.807, 2.05) is 0 Å². The number of ether oxygens (including phenoxy) is 1. The fraction of sp³-hybridized carbons (Fsp3) is 0.364.